The Morgan fingerprint density at radius 3 is 2.31 bits per heavy atom. The van der Waals surface area contributed by atoms with Crippen LogP contribution in [0.3, 0.4) is 0 Å². The van der Waals surface area contributed by atoms with Crippen molar-refractivity contribution in [3.63, 3.8) is 0 Å². The summed E-state index contributed by atoms with van der Waals surface area (Å²) in [5.41, 5.74) is -0.118. The Kier molecular flexibility index (Phi) is 8.93. The fourth-order valence-electron chi connectivity index (χ4n) is 5.17. The van der Waals surface area contributed by atoms with Crippen molar-refractivity contribution in [3.8, 4) is 0 Å². The molecule has 1 N–H and O–H groups in total. The molecule has 2 saturated heterocycles. The predicted octanol–water partition coefficient (Wildman–Crippen LogP) is 6.21. The lowest BCUT2D eigenvalue weighted by Crippen LogP contribution is -2.33. The minimum atomic E-state index is -2.79. The van der Waals surface area contributed by atoms with Gasteiger partial charge in [-0.05, 0) is 35.4 Å². The van der Waals surface area contributed by atoms with Gasteiger partial charge < -0.3 is 18.5 Å². The van der Waals surface area contributed by atoms with Gasteiger partial charge in [-0.1, -0.05) is 102 Å². The number of nitrogens with one attached hydrogen (secondary N) is 1. The second-order valence-electron chi connectivity index (χ2n) is 10.3. The summed E-state index contributed by atoms with van der Waals surface area (Å²) in [5.74, 6) is 0. The number of H-pyrrole nitrogens is 1. The molecule has 1 aromatic heterocycles. The molecule has 2 aliphatic rings. The Labute approximate surface area is 252 Å². The average Bonchev–Trinajstić information content (AvgIpc) is 3.59. The summed E-state index contributed by atoms with van der Waals surface area (Å²) in [7, 11) is 0. The number of aromatic amines is 1. The first-order valence-electron chi connectivity index (χ1n) is 13.7. The summed E-state index contributed by atoms with van der Waals surface area (Å²) in [6.45, 7) is 2.17. The van der Waals surface area contributed by atoms with Gasteiger partial charge in [-0.3, -0.25) is 14.3 Å². The third-order valence-corrected chi connectivity index (χ3v) is 12.7. The van der Waals surface area contributed by atoms with E-state index in [1.165, 1.54) is 10.8 Å². The van der Waals surface area contributed by atoms with Crippen molar-refractivity contribution in [2.24, 2.45) is 0 Å². The summed E-state index contributed by atoms with van der Waals surface area (Å²) < 4.78 is 27.1. The highest BCUT2D eigenvalue weighted by Gasteiger charge is 2.45. The molecule has 218 valence electrons. The van der Waals surface area contributed by atoms with E-state index in [9.17, 15) is 9.59 Å². The van der Waals surface area contributed by atoms with Gasteiger partial charge >= 0.3 is 5.69 Å². The van der Waals surface area contributed by atoms with Crippen LogP contribution < -0.4 is 11.2 Å². The van der Waals surface area contributed by atoms with Gasteiger partial charge in [0.05, 0.1) is 24.6 Å². The van der Waals surface area contributed by atoms with E-state index in [1.807, 2.05) is 78.9 Å². The molecule has 3 aromatic carbocycles. The summed E-state index contributed by atoms with van der Waals surface area (Å²) >= 11 is 7.61. The molecule has 42 heavy (non-hydrogen) atoms. The number of benzene rings is 3. The first-order chi connectivity index (χ1) is 20.4. The number of hydrogen-bond donors (Lipinski definition) is 1. The van der Waals surface area contributed by atoms with Crippen LogP contribution >= 0.6 is 17.1 Å². The molecule has 6 atom stereocenters. The number of aryl methyl sites for hydroxylation is 1. The van der Waals surface area contributed by atoms with E-state index in [0.717, 1.165) is 16.7 Å². The van der Waals surface area contributed by atoms with Crippen LogP contribution in [0, 0.1) is 6.92 Å². The Morgan fingerprint density at radius 1 is 0.976 bits per heavy atom. The molecular formula is C31H31N2O6PS2. The summed E-state index contributed by atoms with van der Waals surface area (Å²) in [6, 6.07) is 30.1. The molecule has 2 fully saturated rings. The fourth-order valence-corrected chi connectivity index (χ4v) is 10.8. The predicted molar refractivity (Wildman–Crippen MR) is 167 cm³/mol. The van der Waals surface area contributed by atoms with E-state index in [-0.39, 0.29) is 24.1 Å². The lowest BCUT2D eigenvalue weighted by Gasteiger charge is -2.22. The maximum Gasteiger partial charge on any atom is 0.330 e. The van der Waals surface area contributed by atoms with Gasteiger partial charge in [-0.15, -0.1) is 0 Å². The van der Waals surface area contributed by atoms with Crippen LogP contribution in [0.25, 0.3) is 0 Å². The minimum absolute atomic E-state index is 0.0236. The van der Waals surface area contributed by atoms with Crippen LogP contribution in [0.4, 0.5) is 0 Å². The second-order valence-corrected chi connectivity index (χ2v) is 16.6. The lowest BCUT2D eigenvalue weighted by atomic mass is 10.0. The summed E-state index contributed by atoms with van der Waals surface area (Å²) in [4.78, 5) is 27.0. The molecule has 3 heterocycles. The van der Waals surface area contributed by atoms with Gasteiger partial charge in [0.25, 0.3) is 5.56 Å². The van der Waals surface area contributed by atoms with E-state index in [4.69, 9.17) is 30.3 Å². The number of rotatable bonds is 9. The number of hydrogen-bond acceptors (Lipinski definition) is 8. The molecule has 0 saturated carbocycles. The molecule has 2 aliphatic heterocycles. The van der Waals surface area contributed by atoms with Crippen LogP contribution in [-0.4, -0.2) is 28.4 Å². The van der Waals surface area contributed by atoms with Crippen LogP contribution in [0.5, 0.6) is 0 Å². The zero-order chi connectivity index (χ0) is 29.1. The van der Waals surface area contributed by atoms with Crippen molar-refractivity contribution in [1.29, 1.82) is 0 Å². The summed E-state index contributed by atoms with van der Waals surface area (Å²) in [6.07, 6.45) is 0.159. The molecule has 0 radical (unpaired) electrons. The minimum Gasteiger partial charge on any atom is -0.371 e. The SMILES string of the molecule is Cc1cn([C@H]2C[C@H](OCc3ccccc3)[C@@H](COP3(=S)O[C@H](c4ccccc4)[C@H](c4ccccc4)S3)O2)c(=O)[nH]c1=O. The topological polar surface area (TPSA) is 91.8 Å². The third-order valence-electron chi connectivity index (χ3n) is 7.36. The lowest BCUT2D eigenvalue weighted by molar-refractivity contribution is -0.0615. The number of aromatic nitrogens is 2. The molecule has 0 aliphatic carbocycles. The van der Waals surface area contributed by atoms with Crippen molar-refractivity contribution in [3.05, 3.63) is 140 Å². The van der Waals surface area contributed by atoms with E-state index in [1.54, 1.807) is 18.3 Å². The highest BCUT2D eigenvalue weighted by Crippen LogP contribution is 2.77. The van der Waals surface area contributed by atoms with Crippen LogP contribution in [0.1, 0.15) is 46.3 Å². The van der Waals surface area contributed by atoms with Crippen LogP contribution in [0.15, 0.2) is 107 Å². The average molecular weight is 623 g/mol. The number of nitrogens with zero attached hydrogens (tertiary/aromatic N) is 1. The second kappa shape index (κ2) is 12.8. The van der Waals surface area contributed by atoms with Crippen molar-refractivity contribution < 1.29 is 18.5 Å². The van der Waals surface area contributed by atoms with Gasteiger partial charge in [-0.2, -0.15) is 0 Å². The Morgan fingerprint density at radius 2 is 1.62 bits per heavy atom. The summed E-state index contributed by atoms with van der Waals surface area (Å²) in [5, 5.41) is -0.0236. The number of ether oxygens (including phenoxy) is 2. The van der Waals surface area contributed by atoms with Gasteiger partial charge in [-0.25, -0.2) is 4.79 Å². The molecule has 6 rings (SSSR count). The fraction of sp³-hybridized carbons (Fsp3) is 0.290. The molecule has 0 bridgehead atoms. The third kappa shape index (κ3) is 6.55. The Bertz CT molecular complexity index is 1620. The van der Waals surface area contributed by atoms with Crippen LogP contribution in [0.2, 0.25) is 0 Å². The van der Waals surface area contributed by atoms with E-state index < -0.39 is 29.3 Å². The first kappa shape index (κ1) is 29.3. The van der Waals surface area contributed by atoms with Crippen molar-refractivity contribution >= 4 is 28.9 Å². The van der Waals surface area contributed by atoms with Gasteiger partial charge in [0.2, 0.25) is 5.69 Å². The van der Waals surface area contributed by atoms with Gasteiger partial charge in [0, 0.05) is 18.2 Å². The first-order valence-corrected chi connectivity index (χ1v) is 17.9. The largest absolute Gasteiger partial charge is 0.371 e. The Balaban J connectivity index is 1.22. The normalized spacial score (nSPS) is 27.3. The molecule has 0 amide bonds. The Hall–Kier alpha value is -2.82. The maximum absolute atomic E-state index is 12.7. The quantitative estimate of drug-likeness (QED) is 0.221. The smallest absolute Gasteiger partial charge is 0.330 e. The zero-order valence-corrected chi connectivity index (χ0v) is 25.4. The molecule has 8 nitrogen and oxygen atoms in total. The van der Waals surface area contributed by atoms with Crippen molar-refractivity contribution in [2.75, 3.05) is 6.61 Å². The van der Waals surface area contributed by atoms with Gasteiger partial charge in [0.15, 0.2) is 0 Å². The molecule has 11 heteroatoms. The highest BCUT2D eigenvalue weighted by molar-refractivity contribution is 8.68. The zero-order valence-electron chi connectivity index (χ0n) is 22.9. The van der Waals surface area contributed by atoms with Crippen molar-refractivity contribution in [2.45, 2.75) is 49.7 Å². The van der Waals surface area contributed by atoms with E-state index in [2.05, 4.69) is 17.1 Å². The monoisotopic (exact) mass is 622 g/mol. The van der Waals surface area contributed by atoms with Gasteiger partial charge in [0.1, 0.15) is 18.4 Å². The molecule has 0 spiro atoms. The molecular weight excluding hydrogens is 591 g/mol. The van der Waals surface area contributed by atoms with E-state index in [0.29, 0.717) is 18.6 Å². The van der Waals surface area contributed by atoms with E-state index >= 15 is 0 Å². The molecule has 4 aromatic rings. The maximum atomic E-state index is 12.7. The standard InChI is InChI=1S/C31H31N2O6PS2/c1-21-18-33(31(35)32-30(21)34)27-17-25(36-19-22-11-5-2-6-12-22)26(38-27)20-37-40(41)39-28(23-13-7-3-8-14-23)29(42-40)24-15-9-4-10-16-24/h2-16,18,25-29H,17,19-20H2,1H3,(H,32,34,35)/t25-,26+,27+,28+,29-,40?/m0/s1. The molecule has 1 unspecified atom stereocenters. The highest BCUT2D eigenvalue weighted by atomic mass is 32.9. The van der Waals surface area contributed by atoms with Crippen LogP contribution in [-0.2, 0) is 36.9 Å². The van der Waals surface area contributed by atoms with Crippen molar-refractivity contribution in [1.82, 2.24) is 9.55 Å².